The average Bonchev–Trinajstić information content (AvgIpc) is 2.53. The first-order valence-corrected chi connectivity index (χ1v) is 9.19. The third-order valence-corrected chi connectivity index (χ3v) is 4.06. The van der Waals surface area contributed by atoms with Crippen LogP contribution in [0.5, 0.6) is 0 Å². The molecule has 0 heterocycles. The van der Waals surface area contributed by atoms with E-state index in [1.165, 1.54) is 0 Å². The van der Waals surface area contributed by atoms with Crippen molar-refractivity contribution in [1.29, 1.82) is 0 Å². The van der Waals surface area contributed by atoms with Gasteiger partial charge in [-0.25, -0.2) is 4.79 Å². The minimum Gasteiger partial charge on any atom is -0.347 e. The third kappa shape index (κ3) is 6.19. The fraction of sp³-hybridized carbons (Fsp3) is 0.300. The molecule has 0 saturated heterocycles. The van der Waals surface area contributed by atoms with Crippen LogP contribution in [0.4, 0.5) is 10.5 Å². The molecule has 2 aromatic carbocycles. The first-order valence-electron chi connectivity index (χ1n) is 8.39. The molecule has 0 radical (unpaired) electrons. The zero-order valence-corrected chi connectivity index (χ0v) is 17.0. The van der Waals surface area contributed by atoms with Crippen molar-refractivity contribution in [3.05, 3.63) is 64.1 Å². The molecule has 138 valence electrons. The summed E-state index contributed by atoms with van der Waals surface area (Å²) in [7, 11) is 0. The quantitative estimate of drug-likeness (QED) is 0.664. The van der Waals surface area contributed by atoms with Crippen molar-refractivity contribution in [2.45, 2.75) is 39.3 Å². The van der Waals surface area contributed by atoms with Crippen LogP contribution in [0, 0.1) is 0 Å². The van der Waals surface area contributed by atoms with Gasteiger partial charge < -0.3 is 16.0 Å². The molecule has 5 nitrogen and oxygen atoms in total. The number of hydrogen-bond donors (Lipinski definition) is 3. The molecule has 1 unspecified atom stereocenters. The molecule has 0 aliphatic carbocycles. The van der Waals surface area contributed by atoms with Gasteiger partial charge in [0.1, 0.15) is 0 Å². The van der Waals surface area contributed by atoms with Gasteiger partial charge in [-0.3, -0.25) is 4.79 Å². The minimum absolute atomic E-state index is 0.153. The lowest BCUT2D eigenvalue weighted by atomic mass is 10.1. The minimum atomic E-state index is -0.328. The van der Waals surface area contributed by atoms with E-state index in [9.17, 15) is 9.59 Å². The van der Waals surface area contributed by atoms with Crippen molar-refractivity contribution in [3.8, 4) is 0 Å². The predicted octanol–water partition coefficient (Wildman–Crippen LogP) is 4.86. The van der Waals surface area contributed by atoms with Gasteiger partial charge in [-0.15, -0.1) is 0 Å². The van der Waals surface area contributed by atoms with Gasteiger partial charge >= 0.3 is 6.03 Å². The number of nitrogens with one attached hydrogen (secondary N) is 3. The monoisotopic (exact) mass is 417 g/mol. The molecule has 0 aliphatic rings. The summed E-state index contributed by atoms with van der Waals surface area (Å²) >= 11 is 3.43. The number of benzene rings is 2. The summed E-state index contributed by atoms with van der Waals surface area (Å²) in [6.07, 6.45) is 0. The van der Waals surface area contributed by atoms with Gasteiger partial charge in [0.05, 0.1) is 6.04 Å². The average molecular weight is 418 g/mol. The van der Waals surface area contributed by atoms with Crippen LogP contribution in [-0.2, 0) is 0 Å². The largest absolute Gasteiger partial charge is 0.347 e. The van der Waals surface area contributed by atoms with Gasteiger partial charge in [0, 0.05) is 21.3 Å². The lowest BCUT2D eigenvalue weighted by Gasteiger charge is -2.20. The summed E-state index contributed by atoms with van der Waals surface area (Å²) in [5.74, 6) is -0.177. The molecular formula is C20H24BrN3O2. The van der Waals surface area contributed by atoms with Crippen LogP contribution in [0.25, 0.3) is 0 Å². The Balaban J connectivity index is 2.01. The number of carbonyl (C=O) groups excluding carboxylic acids is 2. The Morgan fingerprint density at radius 1 is 1.04 bits per heavy atom. The predicted molar refractivity (Wildman–Crippen MR) is 108 cm³/mol. The molecule has 6 heteroatoms. The van der Waals surface area contributed by atoms with E-state index in [2.05, 4.69) is 31.9 Å². The van der Waals surface area contributed by atoms with Crippen LogP contribution in [0.2, 0.25) is 0 Å². The van der Waals surface area contributed by atoms with E-state index < -0.39 is 0 Å². The molecule has 0 bridgehead atoms. The maximum Gasteiger partial charge on any atom is 0.319 e. The van der Waals surface area contributed by atoms with Crippen LogP contribution < -0.4 is 16.0 Å². The van der Waals surface area contributed by atoms with Gasteiger partial charge in [-0.2, -0.15) is 0 Å². The number of halogens is 1. The van der Waals surface area contributed by atoms with E-state index in [4.69, 9.17) is 0 Å². The zero-order chi connectivity index (χ0) is 19.3. The Morgan fingerprint density at radius 2 is 1.73 bits per heavy atom. The van der Waals surface area contributed by atoms with Gasteiger partial charge in [0.15, 0.2) is 0 Å². The van der Waals surface area contributed by atoms with Crippen molar-refractivity contribution in [3.63, 3.8) is 0 Å². The summed E-state index contributed by atoms with van der Waals surface area (Å²) in [4.78, 5) is 24.5. The Kier molecular flexibility index (Phi) is 6.42. The van der Waals surface area contributed by atoms with Gasteiger partial charge in [-0.1, -0.05) is 34.1 Å². The Hall–Kier alpha value is -2.34. The maximum atomic E-state index is 12.3. The maximum absolute atomic E-state index is 12.3. The molecule has 26 heavy (non-hydrogen) atoms. The summed E-state index contributed by atoms with van der Waals surface area (Å²) < 4.78 is 0.960. The molecule has 3 amide bonds. The molecule has 3 N–H and O–H groups in total. The standard InChI is InChI=1S/C20H24BrN3O2/c1-13(14-7-5-9-16(21)11-14)22-19(26)23-17-10-6-8-15(12-17)18(25)24-20(2,3)4/h5-13H,1-4H3,(H,24,25)(H2,22,23,26). The van der Waals surface area contributed by atoms with E-state index in [-0.39, 0.29) is 23.5 Å². The molecule has 2 rings (SSSR count). The normalized spacial score (nSPS) is 12.2. The smallest absolute Gasteiger partial charge is 0.319 e. The van der Waals surface area contributed by atoms with Gasteiger partial charge in [0.25, 0.3) is 5.91 Å². The summed E-state index contributed by atoms with van der Waals surface area (Å²) in [6, 6.07) is 14.2. The van der Waals surface area contributed by atoms with Crippen molar-refractivity contribution < 1.29 is 9.59 Å². The van der Waals surface area contributed by atoms with E-state index in [1.807, 2.05) is 52.0 Å². The van der Waals surface area contributed by atoms with Crippen LogP contribution in [0.3, 0.4) is 0 Å². The number of hydrogen-bond acceptors (Lipinski definition) is 2. The van der Waals surface area contributed by atoms with Gasteiger partial charge in [0.2, 0.25) is 0 Å². The van der Waals surface area contributed by atoms with Crippen LogP contribution >= 0.6 is 15.9 Å². The van der Waals surface area contributed by atoms with Crippen molar-refractivity contribution in [1.82, 2.24) is 10.6 Å². The van der Waals surface area contributed by atoms with Gasteiger partial charge in [-0.05, 0) is 63.6 Å². The van der Waals surface area contributed by atoms with Crippen LogP contribution in [-0.4, -0.2) is 17.5 Å². The number of carbonyl (C=O) groups is 2. The number of amides is 3. The highest BCUT2D eigenvalue weighted by atomic mass is 79.9. The topological polar surface area (TPSA) is 70.2 Å². The third-order valence-electron chi connectivity index (χ3n) is 3.57. The number of rotatable bonds is 4. The summed E-state index contributed by atoms with van der Waals surface area (Å²) in [5.41, 5.74) is 1.73. The Labute approximate surface area is 162 Å². The highest BCUT2D eigenvalue weighted by Gasteiger charge is 2.16. The zero-order valence-electron chi connectivity index (χ0n) is 15.4. The Bertz CT molecular complexity index is 800. The number of urea groups is 1. The molecule has 0 fully saturated rings. The van der Waals surface area contributed by atoms with Crippen molar-refractivity contribution in [2.24, 2.45) is 0 Å². The summed E-state index contributed by atoms with van der Waals surface area (Å²) in [6.45, 7) is 7.67. The molecule has 0 saturated carbocycles. The molecule has 0 aromatic heterocycles. The Morgan fingerprint density at radius 3 is 2.38 bits per heavy atom. The second kappa shape index (κ2) is 8.36. The van der Waals surface area contributed by atoms with E-state index in [1.54, 1.807) is 24.3 Å². The van der Waals surface area contributed by atoms with E-state index in [0.717, 1.165) is 10.0 Å². The number of anilines is 1. The molecule has 2 aromatic rings. The van der Waals surface area contributed by atoms with E-state index in [0.29, 0.717) is 11.3 Å². The molecule has 0 aliphatic heterocycles. The lowest BCUT2D eigenvalue weighted by Crippen LogP contribution is -2.40. The molecule has 0 spiro atoms. The van der Waals surface area contributed by atoms with Crippen LogP contribution in [0.1, 0.15) is 49.7 Å². The first-order chi connectivity index (χ1) is 12.1. The second-order valence-electron chi connectivity index (χ2n) is 7.16. The van der Waals surface area contributed by atoms with Crippen molar-refractivity contribution in [2.75, 3.05) is 5.32 Å². The second-order valence-corrected chi connectivity index (χ2v) is 8.08. The SMILES string of the molecule is CC(NC(=O)Nc1cccc(C(=O)NC(C)(C)C)c1)c1cccc(Br)c1. The molecular weight excluding hydrogens is 394 g/mol. The van der Waals surface area contributed by atoms with Crippen LogP contribution in [0.15, 0.2) is 53.0 Å². The molecule has 1 atom stereocenters. The first kappa shape index (κ1) is 20.0. The van der Waals surface area contributed by atoms with Crippen molar-refractivity contribution >= 4 is 33.6 Å². The fourth-order valence-corrected chi connectivity index (χ4v) is 2.79. The highest BCUT2D eigenvalue weighted by molar-refractivity contribution is 9.10. The lowest BCUT2D eigenvalue weighted by molar-refractivity contribution is 0.0919. The highest BCUT2D eigenvalue weighted by Crippen LogP contribution is 2.18. The fourth-order valence-electron chi connectivity index (χ4n) is 2.37. The summed E-state index contributed by atoms with van der Waals surface area (Å²) in [5, 5.41) is 8.56. The van der Waals surface area contributed by atoms with E-state index >= 15 is 0 Å².